The summed E-state index contributed by atoms with van der Waals surface area (Å²) < 4.78 is 7.57. The number of methoxy groups -OCH3 is 1. The monoisotopic (exact) mass is 408 g/mol. The number of pyridine rings is 1. The molecule has 1 amide bonds. The smallest absolute Gasteiger partial charge is 0.257 e. The van der Waals surface area contributed by atoms with E-state index in [0.29, 0.717) is 11.1 Å². The molecule has 1 aromatic carbocycles. The Hall–Kier alpha value is -2.30. The number of aromatic nitrogens is 1. The maximum atomic E-state index is 13.4. The molecule has 4 bridgehead atoms. The molecule has 0 spiro atoms. The number of fused-ring (bicyclic) bond motifs is 1. The quantitative estimate of drug-likeness (QED) is 0.765. The number of amides is 1. The molecule has 0 radical (unpaired) electrons. The topological polar surface area (TPSA) is 60.3 Å². The number of ether oxygens (including phenoxy) is 1. The van der Waals surface area contributed by atoms with Crippen molar-refractivity contribution in [3.05, 3.63) is 40.2 Å². The van der Waals surface area contributed by atoms with Gasteiger partial charge in [0.2, 0.25) is 5.43 Å². The number of benzene rings is 1. The summed E-state index contributed by atoms with van der Waals surface area (Å²) in [5, 5.41) is 3.93. The molecule has 1 heterocycles. The second-order valence-corrected chi connectivity index (χ2v) is 9.93. The summed E-state index contributed by atoms with van der Waals surface area (Å²) in [6.07, 6.45) is 11.0. The van der Waals surface area contributed by atoms with E-state index >= 15 is 0 Å². The fraction of sp³-hybridized carbons (Fsp3) is 0.600. The Kier molecular flexibility index (Phi) is 4.87. The molecule has 5 nitrogen and oxygen atoms in total. The van der Waals surface area contributed by atoms with Crippen LogP contribution in [0.25, 0.3) is 10.9 Å². The summed E-state index contributed by atoms with van der Waals surface area (Å²) in [5.41, 5.74) is 0.752. The van der Waals surface area contributed by atoms with E-state index in [0.717, 1.165) is 61.9 Å². The van der Waals surface area contributed by atoms with E-state index in [-0.39, 0.29) is 22.4 Å². The lowest BCUT2D eigenvalue weighted by atomic mass is 9.53. The highest BCUT2D eigenvalue weighted by atomic mass is 16.5. The molecular formula is C25H32N2O3. The number of carbonyl (C=O) groups is 1. The molecule has 0 aliphatic heterocycles. The zero-order chi connectivity index (χ0) is 20.9. The van der Waals surface area contributed by atoms with Gasteiger partial charge in [0.15, 0.2) is 0 Å². The number of unbranched alkanes of at least 4 members (excludes halogenated alkanes) is 1. The van der Waals surface area contributed by atoms with Gasteiger partial charge >= 0.3 is 0 Å². The van der Waals surface area contributed by atoms with E-state index in [4.69, 9.17) is 4.74 Å². The highest BCUT2D eigenvalue weighted by molar-refractivity contribution is 5.98. The first-order chi connectivity index (χ1) is 14.5. The maximum Gasteiger partial charge on any atom is 0.257 e. The van der Waals surface area contributed by atoms with Gasteiger partial charge in [0.05, 0.1) is 18.0 Å². The number of aryl methyl sites for hydroxylation is 1. The number of nitrogens with one attached hydrogen (secondary N) is 1. The van der Waals surface area contributed by atoms with E-state index in [2.05, 4.69) is 12.2 Å². The Morgan fingerprint density at radius 1 is 1.17 bits per heavy atom. The van der Waals surface area contributed by atoms with Crippen molar-refractivity contribution in [2.75, 3.05) is 7.11 Å². The van der Waals surface area contributed by atoms with Crippen LogP contribution in [-0.4, -0.2) is 23.1 Å². The van der Waals surface area contributed by atoms with Crippen LogP contribution < -0.4 is 15.5 Å². The van der Waals surface area contributed by atoms with Crippen LogP contribution in [0.2, 0.25) is 0 Å². The zero-order valence-corrected chi connectivity index (χ0v) is 18.1. The van der Waals surface area contributed by atoms with Gasteiger partial charge in [0.1, 0.15) is 11.3 Å². The fourth-order valence-corrected chi connectivity index (χ4v) is 6.83. The average Bonchev–Trinajstić information content (AvgIpc) is 2.71. The molecule has 1 aromatic heterocycles. The summed E-state index contributed by atoms with van der Waals surface area (Å²) in [7, 11) is 1.62. The molecule has 0 unspecified atom stereocenters. The summed E-state index contributed by atoms with van der Waals surface area (Å²) in [6.45, 7) is 2.90. The number of para-hydroxylation sites is 1. The van der Waals surface area contributed by atoms with Crippen LogP contribution in [0.15, 0.2) is 29.2 Å². The van der Waals surface area contributed by atoms with Gasteiger partial charge in [-0.1, -0.05) is 19.4 Å². The minimum atomic E-state index is -0.197. The van der Waals surface area contributed by atoms with Gasteiger partial charge < -0.3 is 14.6 Å². The van der Waals surface area contributed by atoms with Crippen molar-refractivity contribution >= 4 is 16.8 Å². The lowest BCUT2D eigenvalue weighted by molar-refractivity contribution is -0.0167. The van der Waals surface area contributed by atoms with Crippen molar-refractivity contribution in [2.45, 2.75) is 70.4 Å². The van der Waals surface area contributed by atoms with Crippen LogP contribution in [0.4, 0.5) is 0 Å². The number of carbonyl (C=O) groups excluding carboxylic acids is 1. The van der Waals surface area contributed by atoms with Gasteiger partial charge in [-0.3, -0.25) is 9.59 Å². The van der Waals surface area contributed by atoms with Crippen molar-refractivity contribution in [3.63, 3.8) is 0 Å². The maximum absolute atomic E-state index is 13.4. The number of hydrogen-bond acceptors (Lipinski definition) is 3. The molecular weight excluding hydrogens is 376 g/mol. The third-order valence-electron chi connectivity index (χ3n) is 7.69. The molecule has 1 N–H and O–H groups in total. The summed E-state index contributed by atoms with van der Waals surface area (Å²) in [5.74, 6) is 2.72. The average molecular weight is 409 g/mol. The lowest BCUT2D eigenvalue weighted by Crippen LogP contribution is -2.60. The first kappa shape index (κ1) is 19.7. The van der Waals surface area contributed by atoms with Crippen LogP contribution >= 0.6 is 0 Å². The summed E-state index contributed by atoms with van der Waals surface area (Å²) in [4.78, 5) is 26.7. The van der Waals surface area contributed by atoms with Crippen molar-refractivity contribution in [2.24, 2.45) is 17.8 Å². The lowest BCUT2D eigenvalue weighted by Gasteiger charge is -2.56. The fourth-order valence-electron chi connectivity index (χ4n) is 6.83. The second-order valence-electron chi connectivity index (χ2n) is 9.93. The van der Waals surface area contributed by atoms with Gasteiger partial charge in [0.25, 0.3) is 5.91 Å². The summed E-state index contributed by atoms with van der Waals surface area (Å²) >= 11 is 0. The Labute approximate surface area is 177 Å². The number of hydrogen-bond donors (Lipinski definition) is 1. The number of rotatable bonds is 6. The molecule has 160 valence electrons. The van der Waals surface area contributed by atoms with E-state index in [1.54, 1.807) is 13.3 Å². The Bertz CT molecular complexity index is 1000. The van der Waals surface area contributed by atoms with Crippen molar-refractivity contribution < 1.29 is 9.53 Å². The minimum Gasteiger partial charge on any atom is -0.495 e. The van der Waals surface area contributed by atoms with E-state index in [1.807, 2.05) is 22.8 Å². The molecule has 4 aliphatic rings. The number of nitrogens with zero attached hydrogens (tertiary/aromatic N) is 1. The predicted octanol–water partition coefficient (Wildman–Crippen LogP) is 4.51. The van der Waals surface area contributed by atoms with Crippen LogP contribution in [0, 0.1) is 17.8 Å². The van der Waals surface area contributed by atoms with Crippen LogP contribution in [0.5, 0.6) is 5.75 Å². The first-order valence-corrected chi connectivity index (χ1v) is 11.5. The molecule has 2 aromatic rings. The molecule has 5 heteroatoms. The van der Waals surface area contributed by atoms with E-state index < -0.39 is 0 Å². The van der Waals surface area contributed by atoms with Crippen molar-refractivity contribution in [1.29, 1.82) is 0 Å². The van der Waals surface area contributed by atoms with Gasteiger partial charge in [0, 0.05) is 18.3 Å². The Balaban J connectivity index is 1.53. The highest BCUT2D eigenvalue weighted by Crippen LogP contribution is 2.55. The first-order valence-electron chi connectivity index (χ1n) is 11.5. The minimum absolute atomic E-state index is 0.101. The van der Waals surface area contributed by atoms with E-state index in [9.17, 15) is 9.59 Å². The molecule has 30 heavy (non-hydrogen) atoms. The third kappa shape index (κ3) is 3.23. The second kappa shape index (κ2) is 7.44. The Morgan fingerprint density at radius 3 is 2.43 bits per heavy atom. The van der Waals surface area contributed by atoms with Crippen LogP contribution in [0.3, 0.4) is 0 Å². The SMILES string of the molecule is CCCCn1cc(C(=O)NC23CC4CC(CC(C4)C2)C3)c(=O)c2cccc(OC)c21. The molecule has 4 aliphatic carbocycles. The molecule has 4 saturated carbocycles. The normalized spacial score (nSPS) is 29.3. The standard InChI is InChI=1S/C25H32N2O3/c1-3-4-8-27-15-20(23(28)19-6-5-7-21(30-2)22(19)27)24(29)26-25-12-16-9-17(13-25)11-18(10-16)14-25/h5-7,15-18H,3-4,8-14H2,1-2H3,(H,26,29). The van der Waals surface area contributed by atoms with Crippen LogP contribution in [0.1, 0.15) is 68.6 Å². The van der Waals surface area contributed by atoms with Crippen molar-refractivity contribution in [1.82, 2.24) is 9.88 Å². The van der Waals surface area contributed by atoms with Gasteiger partial charge in [-0.15, -0.1) is 0 Å². The molecule has 0 saturated heterocycles. The highest BCUT2D eigenvalue weighted by Gasteiger charge is 2.51. The predicted molar refractivity (Wildman–Crippen MR) is 118 cm³/mol. The summed E-state index contributed by atoms with van der Waals surface area (Å²) in [6, 6.07) is 5.51. The van der Waals surface area contributed by atoms with E-state index in [1.165, 1.54) is 19.3 Å². The largest absolute Gasteiger partial charge is 0.495 e. The third-order valence-corrected chi connectivity index (χ3v) is 7.69. The van der Waals surface area contributed by atoms with Gasteiger partial charge in [-0.05, 0) is 74.8 Å². The van der Waals surface area contributed by atoms with Gasteiger partial charge in [-0.25, -0.2) is 0 Å². The van der Waals surface area contributed by atoms with Crippen molar-refractivity contribution in [3.8, 4) is 5.75 Å². The Morgan fingerprint density at radius 2 is 1.83 bits per heavy atom. The van der Waals surface area contributed by atoms with Crippen LogP contribution in [-0.2, 0) is 6.54 Å². The molecule has 0 atom stereocenters. The van der Waals surface area contributed by atoms with Gasteiger partial charge in [-0.2, -0.15) is 0 Å². The molecule has 4 fully saturated rings. The zero-order valence-electron chi connectivity index (χ0n) is 18.1. The molecule has 6 rings (SSSR count).